The number of nitrogens with zero attached hydrogens (tertiary/aromatic N) is 3. The van der Waals surface area contributed by atoms with Gasteiger partial charge in [0.05, 0.1) is 17.3 Å². The van der Waals surface area contributed by atoms with Crippen molar-refractivity contribution >= 4 is 11.6 Å². The summed E-state index contributed by atoms with van der Waals surface area (Å²) in [6, 6.07) is 20.5. The second kappa shape index (κ2) is 9.16. The lowest BCUT2D eigenvalue weighted by atomic mass is 9.85. The Morgan fingerprint density at radius 1 is 1.10 bits per heavy atom. The third kappa shape index (κ3) is 4.53. The molecule has 0 aliphatic carbocycles. The Hall–Kier alpha value is -3.41. The first kappa shape index (κ1) is 20.8. The van der Waals surface area contributed by atoms with Gasteiger partial charge in [0.2, 0.25) is 6.10 Å². The fourth-order valence-corrected chi connectivity index (χ4v) is 4.14. The first-order chi connectivity index (χ1) is 15.0. The normalized spacial score (nSPS) is 15.6. The van der Waals surface area contributed by atoms with E-state index in [2.05, 4.69) is 39.6 Å². The van der Waals surface area contributed by atoms with E-state index in [9.17, 15) is 4.79 Å². The van der Waals surface area contributed by atoms with Crippen molar-refractivity contribution in [3.05, 3.63) is 88.7 Å². The summed E-state index contributed by atoms with van der Waals surface area (Å²) in [5, 5.41) is 11.6. The summed E-state index contributed by atoms with van der Waals surface area (Å²) in [5.74, 6) is -0.0702. The van der Waals surface area contributed by atoms with E-state index >= 15 is 0 Å². The van der Waals surface area contributed by atoms with E-state index in [1.807, 2.05) is 57.3 Å². The molecule has 1 atom stereocenters. The molecule has 2 aromatic carbocycles. The second-order valence-corrected chi connectivity index (χ2v) is 8.06. The van der Waals surface area contributed by atoms with Crippen LogP contribution in [-0.4, -0.2) is 46.4 Å². The fraction of sp³-hybridized carbons (Fsp3) is 0.320. The highest BCUT2D eigenvalue weighted by Gasteiger charge is 2.35. The Balaban J connectivity index is 1.44. The van der Waals surface area contributed by atoms with Gasteiger partial charge in [0.15, 0.2) is 0 Å². The van der Waals surface area contributed by atoms with Gasteiger partial charge in [-0.2, -0.15) is 5.10 Å². The molecule has 0 saturated heterocycles. The van der Waals surface area contributed by atoms with E-state index in [-0.39, 0.29) is 11.8 Å². The molecule has 0 spiro atoms. The number of aromatic amines is 1. The van der Waals surface area contributed by atoms with Crippen LogP contribution in [0.3, 0.4) is 0 Å². The molecule has 1 unspecified atom stereocenters. The number of aryl methyl sites for hydroxylation is 2. The predicted molar refractivity (Wildman–Crippen MR) is 121 cm³/mol. The molecule has 1 aliphatic rings. The number of amides is 1. The van der Waals surface area contributed by atoms with Crippen LogP contribution in [0.2, 0.25) is 0 Å². The summed E-state index contributed by atoms with van der Waals surface area (Å²) in [5.41, 5.74) is 6.36. The third-order valence-corrected chi connectivity index (χ3v) is 5.92. The van der Waals surface area contributed by atoms with Crippen molar-refractivity contribution < 1.29 is 9.63 Å². The van der Waals surface area contributed by atoms with Gasteiger partial charge in [-0.3, -0.25) is 9.89 Å². The van der Waals surface area contributed by atoms with Gasteiger partial charge in [0, 0.05) is 25.7 Å². The lowest BCUT2D eigenvalue weighted by Gasteiger charge is -2.21. The monoisotopic (exact) mass is 416 g/mol. The number of H-pyrrole nitrogens is 1. The van der Waals surface area contributed by atoms with Gasteiger partial charge in [-0.15, -0.1) is 0 Å². The standard InChI is InChI=1S/C25H28N4O2/c1-17-21(18(2)27-26-17)14-15-29(3)25(30)23-16-22(28-31-23)24(19-10-6-4-7-11-19)20-12-8-5-9-13-20/h4-13,23-24H,14-16H2,1-3H3,(H,26,27). The first-order valence-corrected chi connectivity index (χ1v) is 10.6. The number of likely N-dealkylation sites (N-methyl/N-ethyl adjacent to an activating group) is 1. The Morgan fingerprint density at radius 3 is 2.26 bits per heavy atom. The Bertz CT molecular complexity index is 1000. The van der Waals surface area contributed by atoms with E-state index in [1.165, 1.54) is 0 Å². The molecule has 1 amide bonds. The Labute approximate surface area is 182 Å². The topological polar surface area (TPSA) is 70.6 Å². The molecule has 1 N–H and O–H groups in total. The predicted octanol–water partition coefficient (Wildman–Crippen LogP) is 4.00. The summed E-state index contributed by atoms with van der Waals surface area (Å²) >= 11 is 0. The van der Waals surface area contributed by atoms with E-state index in [4.69, 9.17) is 4.84 Å². The van der Waals surface area contributed by atoms with Gasteiger partial charge in [-0.05, 0) is 37.0 Å². The molecular weight excluding hydrogens is 388 g/mol. The number of carbonyl (C=O) groups is 1. The molecule has 0 fully saturated rings. The largest absolute Gasteiger partial charge is 0.382 e. The molecule has 6 heteroatoms. The van der Waals surface area contributed by atoms with Crippen molar-refractivity contribution in [2.24, 2.45) is 5.16 Å². The molecule has 0 bridgehead atoms. The smallest absolute Gasteiger partial charge is 0.266 e. The van der Waals surface area contributed by atoms with Gasteiger partial charge >= 0.3 is 0 Å². The lowest BCUT2D eigenvalue weighted by molar-refractivity contribution is -0.140. The van der Waals surface area contributed by atoms with Crippen LogP contribution >= 0.6 is 0 Å². The van der Waals surface area contributed by atoms with Gasteiger partial charge < -0.3 is 9.74 Å². The average molecular weight is 417 g/mol. The first-order valence-electron chi connectivity index (χ1n) is 10.6. The SMILES string of the molecule is Cc1n[nH]c(C)c1CCN(C)C(=O)C1CC(C(c2ccccc2)c2ccccc2)=NO1. The van der Waals surface area contributed by atoms with Crippen molar-refractivity contribution in [2.75, 3.05) is 13.6 Å². The number of aromatic nitrogens is 2. The van der Waals surface area contributed by atoms with Crippen LogP contribution in [0.25, 0.3) is 0 Å². The van der Waals surface area contributed by atoms with Crippen LogP contribution in [-0.2, 0) is 16.1 Å². The van der Waals surface area contributed by atoms with Crippen molar-refractivity contribution in [1.82, 2.24) is 15.1 Å². The average Bonchev–Trinajstić information content (AvgIpc) is 3.40. The van der Waals surface area contributed by atoms with Gasteiger partial charge in [-0.25, -0.2) is 0 Å². The molecule has 2 heterocycles. The van der Waals surface area contributed by atoms with Crippen LogP contribution in [0, 0.1) is 13.8 Å². The summed E-state index contributed by atoms with van der Waals surface area (Å²) in [4.78, 5) is 20.4. The Morgan fingerprint density at radius 2 is 1.71 bits per heavy atom. The molecule has 1 aromatic heterocycles. The van der Waals surface area contributed by atoms with E-state index in [0.29, 0.717) is 13.0 Å². The van der Waals surface area contributed by atoms with Gasteiger partial charge in [0.1, 0.15) is 0 Å². The number of benzene rings is 2. The van der Waals surface area contributed by atoms with E-state index in [0.717, 1.165) is 40.2 Å². The minimum atomic E-state index is -0.582. The van der Waals surface area contributed by atoms with Crippen molar-refractivity contribution in [3.63, 3.8) is 0 Å². The zero-order valence-electron chi connectivity index (χ0n) is 18.2. The number of carbonyl (C=O) groups excluding carboxylic acids is 1. The minimum Gasteiger partial charge on any atom is -0.382 e. The van der Waals surface area contributed by atoms with Crippen LogP contribution in [0.1, 0.15) is 40.4 Å². The van der Waals surface area contributed by atoms with Crippen molar-refractivity contribution in [1.29, 1.82) is 0 Å². The quantitative estimate of drug-likeness (QED) is 0.633. The molecule has 6 nitrogen and oxygen atoms in total. The van der Waals surface area contributed by atoms with Gasteiger partial charge in [-0.1, -0.05) is 65.8 Å². The molecular formula is C25H28N4O2. The number of rotatable bonds is 7. The summed E-state index contributed by atoms with van der Waals surface area (Å²) in [7, 11) is 1.82. The lowest BCUT2D eigenvalue weighted by Crippen LogP contribution is -2.38. The maximum absolute atomic E-state index is 13.0. The minimum absolute atomic E-state index is 0.0262. The van der Waals surface area contributed by atoms with E-state index < -0.39 is 6.10 Å². The molecule has 3 aromatic rings. The van der Waals surface area contributed by atoms with Crippen molar-refractivity contribution in [3.8, 4) is 0 Å². The molecule has 1 aliphatic heterocycles. The molecule has 0 radical (unpaired) electrons. The maximum atomic E-state index is 13.0. The highest BCUT2D eigenvalue weighted by atomic mass is 16.6. The molecule has 160 valence electrons. The highest BCUT2D eigenvalue weighted by molar-refractivity contribution is 5.98. The third-order valence-electron chi connectivity index (χ3n) is 5.92. The van der Waals surface area contributed by atoms with Crippen LogP contribution in [0.5, 0.6) is 0 Å². The van der Waals surface area contributed by atoms with Crippen LogP contribution in [0.15, 0.2) is 65.8 Å². The molecule has 4 rings (SSSR count). The highest BCUT2D eigenvalue weighted by Crippen LogP contribution is 2.31. The van der Waals surface area contributed by atoms with Crippen molar-refractivity contribution in [2.45, 2.75) is 38.7 Å². The van der Waals surface area contributed by atoms with E-state index in [1.54, 1.807) is 4.90 Å². The number of nitrogens with one attached hydrogen (secondary N) is 1. The molecule has 31 heavy (non-hydrogen) atoms. The fourth-order valence-electron chi connectivity index (χ4n) is 4.14. The van der Waals surface area contributed by atoms with Gasteiger partial charge in [0.25, 0.3) is 5.91 Å². The number of hydrogen-bond donors (Lipinski definition) is 1. The Kier molecular flexibility index (Phi) is 6.16. The number of hydrogen-bond acceptors (Lipinski definition) is 4. The van der Waals surface area contributed by atoms with Crippen LogP contribution < -0.4 is 0 Å². The second-order valence-electron chi connectivity index (χ2n) is 8.06. The zero-order valence-corrected chi connectivity index (χ0v) is 18.2. The number of oxime groups is 1. The molecule has 0 saturated carbocycles. The maximum Gasteiger partial charge on any atom is 0.266 e. The summed E-state index contributed by atoms with van der Waals surface area (Å²) < 4.78 is 0. The zero-order chi connectivity index (χ0) is 21.8. The summed E-state index contributed by atoms with van der Waals surface area (Å²) in [6.07, 6.45) is 0.663. The summed E-state index contributed by atoms with van der Waals surface area (Å²) in [6.45, 7) is 4.59. The van der Waals surface area contributed by atoms with Crippen LogP contribution in [0.4, 0.5) is 0 Å².